The molecular formula is C48H85NO9S3. The molecule has 0 aromatic carbocycles. The number of aliphatic carboxylic acids is 1. The SMILES string of the molecule is C/C=C\c1csc(C)n1.CC(C)(C)OCCC(C)(C)SCC(=O)O.CC1CCCOC(=O)CC(OC(=O)CSC(C)(C)CCOC(C)(C)C)C(C)C(=O)C(C)CC(C)CCC1. The standard InChI is InChI=1S/C30H54O6S.C11H22O3S.C7H9NS/c1-21-12-10-13-22(2)18-23(3)28(33)24(4)25(19-26(31)34-16-11-14-21)36-27(32)20-37-30(8,9)15-17-35-29(5,6)7;1-10(2,3)14-7-6-11(4,5)15-8-9(12)13;1-3-4-7-5-9-6(2)8-7/h21-25H,10-20H2,1-9H3;6-8H2,1-5H3,(H,12,13);3-5H,1-2H3/b;;4-3-. The Morgan fingerprint density at radius 3 is 1.87 bits per heavy atom. The normalized spacial score (nSPS) is 21.7. The topological polar surface area (TPSA) is 138 Å². The van der Waals surface area contributed by atoms with Crippen molar-refractivity contribution in [3.05, 3.63) is 22.2 Å². The summed E-state index contributed by atoms with van der Waals surface area (Å²) in [7, 11) is 0. The zero-order chi connectivity index (χ0) is 47.0. The summed E-state index contributed by atoms with van der Waals surface area (Å²) in [6.45, 7) is 34.2. The molecule has 1 N–H and O–H groups in total. The molecule has 1 aliphatic rings. The minimum Gasteiger partial charge on any atom is -0.481 e. The maximum absolute atomic E-state index is 13.3. The number of Topliss-reactive ketones (excluding diaryl/α,β-unsaturated/α-hetero) is 1. The summed E-state index contributed by atoms with van der Waals surface area (Å²) in [5, 5.41) is 11.8. The van der Waals surface area contributed by atoms with Crippen molar-refractivity contribution in [1.82, 2.24) is 4.98 Å². The van der Waals surface area contributed by atoms with Crippen LogP contribution in [0.25, 0.3) is 6.08 Å². The molecule has 2 rings (SSSR count). The van der Waals surface area contributed by atoms with Crippen molar-refractivity contribution in [3.8, 4) is 0 Å². The number of nitrogens with zero attached hydrogens (tertiary/aromatic N) is 1. The second-order valence-electron chi connectivity index (χ2n) is 19.8. The van der Waals surface area contributed by atoms with Gasteiger partial charge in [-0.1, -0.05) is 80.7 Å². The van der Waals surface area contributed by atoms with Crippen LogP contribution in [0.4, 0.5) is 0 Å². The van der Waals surface area contributed by atoms with E-state index in [-0.39, 0.29) is 50.3 Å². The number of hydrogen-bond donors (Lipinski definition) is 1. The number of thioether (sulfide) groups is 2. The van der Waals surface area contributed by atoms with Gasteiger partial charge in [-0.3, -0.25) is 19.2 Å². The van der Waals surface area contributed by atoms with Gasteiger partial charge in [0.15, 0.2) is 0 Å². The number of carboxylic acids is 1. The van der Waals surface area contributed by atoms with E-state index in [1.807, 2.05) is 88.3 Å². The van der Waals surface area contributed by atoms with E-state index in [1.54, 1.807) is 18.3 Å². The molecule has 61 heavy (non-hydrogen) atoms. The number of cyclic esters (lactones) is 1. The van der Waals surface area contributed by atoms with E-state index in [0.29, 0.717) is 31.7 Å². The Morgan fingerprint density at radius 2 is 1.38 bits per heavy atom. The van der Waals surface area contributed by atoms with E-state index in [2.05, 4.69) is 38.1 Å². The Kier molecular flexibility index (Phi) is 28.6. The Hall–Kier alpha value is -1.93. The van der Waals surface area contributed by atoms with Gasteiger partial charge in [0, 0.05) is 34.0 Å². The van der Waals surface area contributed by atoms with Crippen LogP contribution in [0.2, 0.25) is 0 Å². The summed E-state index contributed by atoms with van der Waals surface area (Å²) in [5.41, 5.74) is 0.752. The summed E-state index contributed by atoms with van der Waals surface area (Å²) in [4.78, 5) is 53.4. The molecular weight excluding hydrogens is 831 g/mol. The Labute approximate surface area is 383 Å². The van der Waals surface area contributed by atoms with Crippen LogP contribution in [-0.2, 0) is 38.1 Å². The number of carbonyl (C=O) groups excluding carboxylic acids is 3. The molecule has 1 saturated heterocycles. The molecule has 1 aliphatic heterocycles. The van der Waals surface area contributed by atoms with Crippen LogP contribution < -0.4 is 0 Å². The average Bonchev–Trinajstić information content (AvgIpc) is 3.54. The van der Waals surface area contributed by atoms with Crippen molar-refractivity contribution in [3.63, 3.8) is 0 Å². The van der Waals surface area contributed by atoms with Crippen LogP contribution in [0.3, 0.4) is 0 Å². The van der Waals surface area contributed by atoms with Crippen molar-refractivity contribution in [2.75, 3.05) is 31.3 Å². The van der Waals surface area contributed by atoms with E-state index in [9.17, 15) is 19.2 Å². The van der Waals surface area contributed by atoms with Gasteiger partial charge in [-0.05, 0) is 105 Å². The number of aromatic nitrogens is 1. The maximum atomic E-state index is 13.3. The Morgan fingerprint density at radius 1 is 0.852 bits per heavy atom. The van der Waals surface area contributed by atoms with Crippen LogP contribution in [0.1, 0.15) is 172 Å². The molecule has 10 nitrogen and oxygen atoms in total. The number of allylic oxidation sites excluding steroid dienone is 1. The van der Waals surface area contributed by atoms with Gasteiger partial charge < -0.3 is 24.1 Å². The lowest BCUT2D eigenvalue weighted by molar-refractivity contribution is -0.157. The van der Waals surface area contributed by atoms with Gasteiger partial charge in [0.05, 0.1) is 52.4 Å². The molecule has 0 amide bonds. The number of carboxylic acid groups (broad SMARTS) is 1. The van der Waals surface area contributed by atoms with Crippen molar-refractivity contribution < 1.29 is 43.2 Å². The van der Waals surface area contributed by atoms with Gasteiger partial charge in [0.1, 0.15) is 11.9 Å². The van der Waals surface area contributed by atoms with E-state index in [1.165, 1.54) is 23.5 Å². The third-order valence-corrected chi connectivity index (χ3v) is 13.6. The Bertz CT molecular complexity index is 1440. The number of ketones is 1. The highest BCUT2D eigenvalue weighted by Crippen LogP contribution is 2.31. The molecule has 13 heteroatoms. The maximum Gasteiger partial charge on any atom is 0.316 e. The fraction of sp³-hybridized carbons (Fsp3) is 0.812. The van der Waals surface area contributed by atoms with Crippen molar-refractivity contribution in [1.29, 1.82) is 0 Å². The number of thiazole rings is 1. The minimum absolute atomic E-state index is 0.0381. The molecule has 1 aromatic rings. The summed E-state index contributed by atoms with van der Waals surface area (Å²) in [6, 6.07) is 0. The van der Waals surface area contributed by atoms with Crippen LogP contribution in [0, 0.1) is 30.6 Å². The first-order valence-electron chi connectivity index (χ1n) is 22.3. The first-order valence-corrected chi connectivity index (χ1v) is 25.1. The fourth-order valence-electron chi connectivity index (χ4n) is 6.28. The third-order valence-electron chi connectivity index (χ3n) is 10.0. The van der Waals surface area contributed by atoms with Gasteiger partial charge in [-0.2, -0.15) is 0 Å². The number of aryl methyl sites for hydroxylation is 1. The van der Waals surface area contributed by atoms with Gasteiger partial charge in [0.25, 0.3) is 0 Å². The highest BCUT2D eigenvalue weighted by Gasteiger charge is 2.34. The molecule has 1 aromatic heterocycles. The Balaban J connectivity index is 0.00000121. The molecule has 0 radical (unpaired) electrons. The van der Waals surface area contributed by atoms with Gasteiger partial charge in [-0.15, -0.1) is 34.9 Å². The van der Waals surface area contributed by atoms with Gasteiger partial charge in [-0.25, -0.2) is 4.98 Å². The second kappa shape index (κ2) is 29.5. The summed E-state index contributed by atoms with van der Waals surface area (Å²) >= 11 is 4.65. The lowest BCUT2D eigenvalue weighted by atomic mass is 9.83. The number of rotatable bonds is 14. The molecule has 0 spiro atoms. The number of carbonyl (C=O) groups is 4. The first-order chi connectivity index (χ1) is 28.0. The molecule has 5 unspecified atom stereocenters. The number of hydrogen-bond acceptors (Lipinski definition) is 12. The quantitative estimate of drug-likeness (QED) is 0.178. The first kappa shape index (κ1) is 59.1. The van der Waals surface area contributed by atoms with Crippen molar-refractivity contribution in [2.24, 2.45) is 23.7 Å². The monoisotopic (exact) mass is 916 g/mol. The molecule has 0 saturated carbocycles. The lowest BCUT2D eigenvalue weighted by Crippen LogP contribution is -2.36. The van der Waals surface area contributed by atoms with Crippen LogP contribution in [0.5, 0.6) is 0 Å². The molecule has 0 aliphatic carbocycles. The van der Waals surface area contributed by atoms with Crippen LogP contribution >= 0.6 is 34.9 Å². The average molecular weight is 916 g/mol. The van der Waals surface area contributed by atoms with Gasteiger partial charge >= 0.3 is 17.9 Å². The third kappa shape index (κ3) is 32.4. The molecule has 2 heterocycles. The summed E-state index contributed by atoms with van der Waals surface area (Å²) in [6.07, 6.45) is 10.8. The van der Waals surface area contributed by atoms with E-state index >= 15 is 0 Å². The van der Waals surface area contributed by atoms with E-state index in [0.717, 1.165) is 62.1 Å². The van der Waals surface area contributed by atoms with E-state index in [4.69, 9.17) is 24.1 Å². The molecule has 0 bridgehead atoms. The number of ether oxygens (including phenoxy) is 4. The summed E-state index contributed by atoms with van der Waals surface area (Å²) < 4.78 is 22.5. The zero-order valence-corrected chi connectivity index (χ0v) is 43.4. The largest absolute Gasteiger partial charge is 0.481 e. The van der Waals surface area contributed by atoms with Crippen molar-refractivity contribution in [2.45, 2.75) is 195 Å². The highest BCUT2D eigenvalue weighted by molar-refractivity contribution is 8.01. The fourth-order valence-corrected chi connectivity index (χ4v) is 8.41. The second-order valence-corrected chi connectivity index (χ2v) is 24.2. The molecule has 354 valence electrons. The van der Waals surface area contributed by atoms with Crippen LogP contribution in [-0.4, -0.2) is 91.9 Å². The molecule has 1 fully saturated rings. The predicted octanol–water partition coefficient (Wildman–Crippen LogP) is 12.3. The molecule has 5 atom stereocenters. The number of esters is 2. The van der Waals surface area contributed by atoms with Crippen LogP contribution in [0.15, 0.2) is 11.5 Å². The predicted molar refractivity (Wildman–Crippen MR) is 258 cm³/mol. The summed E-state index contributed by atoms with van der Waals surface area (Å²) in [5.74, 6) is -0.890. The smallest absolute Gasteiger partial charge is 0.316 e. The highest BCUT2D eigenvalue weighted by atomic mass is 32.2. The van der Waals surface area contributed by atoms with Gasteiger partial charge in [0.2, 0.25) is 0 Å². The van der Waals surface area contributed by atoms with Crippen molar-refractivity contribution >= 4 is 64.6 Å². The lowest BCUT2D eigenvalue weighted by Gasteiger charge is -2.28. The van der Waals surface area contributed by atoms with E-state index < -0.39 is 29.9 Å². The zero-order valence-electron chi connectivity index (χ0n) is 40.9. The minimum atomic E-state index is -0.815.